The highest BCUT2D eigenvalue weighted by Crippen LogP contribution is 2.30. The van der Waals surface area contributed by atoms with E-state index in [0.717, 1.165) is 25.2 Å². The summed E-state index contributed by atoms with van der Waals surface area (Å²) in [7, 11) is 3.68. The molecule has 106 valence electrons. The third kappa shape index (κ3) is 3.18. The standard InChI is InChI=1S/C14H23N3O2/c1-16-6-7-17(12(8-15)10-16)9-11-4-3-5-13(19-2)14(11)18/h3-5,12,18H,6-10,15H2,1-2H3. The number of methoxy groups -OCH3 is 1. The Labute approximate surface area is 114 Å². The molecule has 0 radical (unpaired) electrons. The van der Waals surface area contributed by atoms with Gasteiger partial charge in [0, 0.05) is 44.3 Å². The third-order valence-corrected chi connectivity index (χ3v) is 3.76. The quantitative estimate of drug-likeness (QED) is 0.829. The summed E-state index contributed by atoms with van der Waals surface area (Å²) in [5.41, 5.74) is 6.74. The average Bonchev–Trinajstić information content (AvgIpc) is 2.42. The van der Waals surface area contributed by atoms with Gasteiger partial charge in [0.25, 0.3) is 0 Å². The van der Waals surface area contributed by atoms with Gasteiger partial charge in [-0.1, -0.05) is 12.1 Å². The van der Waals surface area contributed by atoms with Crippen LogP contribution in [0.4, 0.5) is 0 Å². The molecule has 0 saturated carbocycles. The lowest BCUT2D eigenvalue weighted by molar-refractivity contribution is 0.0873. The van der Waals surface area contributed by atoms with E-state index in [4.69, 9.17) is 10.5 Å². The molecule has 2 rings (SSSR count). The van der Waals surface area contributed by atoms with Crippen molar-refractivity contribution in [3.63, 3.8) is 0 Å². The number of ether oxygens (including phenoxy) is 1. The molecule has 1 unspecified atom stereocenters. The minimum atomic E-state index is 0.236. The van der Waals surface area contributed by atoms with Crippen LogP contribution in [0.25, 0.3) is 0 Å². The number of rotatable bonds is 4. The Bertz CT molecular complexity index is 425. The van der Waals surface area contributed by atoms with Crippen LogP contribution in [0.1, 0.15) is 5.56 Å². The minimum Gasteiger partial charge on any atom is -0.504 e. The molecule has 0 aliphatic carbocycles. The fraction of sp³-hybridized carbons (Fsp3) is 0.571. The molecule has 1 aliphatic heterocycles. The molecule has 1 aromatic carbocycles. The van der Waals surface area contributed by atoms with Crippen molar-refractivity contribution in [2.75, 3.05) is 40.3 Å². The first-order valence-corrected chi connectivity index (χ1v) is 6.63. The Hall–Kier alpha value is -1.30. The van der Waals surface area contributed by atoms with E-state index in [9.17, 15) is 5.11 Å². The summed E-state index contributed by atoms with van der Waals surface area (Å²) in [4.78, 5) is 4.62. The summed E-state index contributed by atoms with van der Waals surface area (Å²) in [5.74, 6) is 0.760. The van der Waals surface area contributed by atoms with Gasteiger partial charge in [0.05, 0.1) is 7.11 Å². The van der Waals surface area contributed by atoms with E-state index in [-0.39, 0.29) is 5.75 Å². The van der Waals surface area contributed by atoms with Gasteiger partial charge in [0.1, 0.15) is 0 Å². The van der Waals surface area contributed by atoms with E-state index in [1.165, 1.54) is 0 Å². The molecule has 0 bridgehead atoms. The Morgan fingerprint density at radius 3 is 2.89 bits per heavy atom. The van der Waals surface area contributed by atoms with Crippen LogP contribution in [-0.2, 0) is 6.54 Å². The van der Waals surface area contributed by atoms with Gasteiger partial charge < -0.3 is 20.5 Å². The van der Waals surface area contributed by atoms with Gasteiger partial charge in [-0.25, -0.2) is 0 Å². The second-order valence-electron chi connectivity index (χ2n) is 5.09. The molecule has 1 atom stereocenters. The molecule has 0 amide bonds. The number of nitrogens with two attached hydrogens (primary N) is 1. The first kappa shape index (κ1) is 14.1. The predicted octanol–water partition coefficient (Wildman–Crippen LogP) is 0.476. The lowest BCUT2D eigenvalue weighted by atomic mass is 10.1. The molecule has 0 aromatic heterocycles. The van der Waals surface area contributed by atoms with E-state index < -0.39 is 0 Å². The van der Waals surface area contributed by atoms with Crippen LogP contribution < -0.4 is 10.5 Å². The first-order valence-electron chi connectivity index (χ1n) is 6.63. The first-order chi connectivity index (χ1) is 9.15. The van der Waals surface area contributed by atoms with Crippen molar-refractivity contribution in [3.8, 4) is 11.5 Å². The number of para-hydroxylation sites is 1. The maximum atomic E-state index is 10.1. The van der Waals surface area contributed by atoms with E-state index >= 15 is 0 Å². The maximum Gasteiger partial charge on any atom is 0.162 e. The molecule has 1 aromatic rings. The van der Waals surface area contributed by atoms with Crippen molar-refractivity contribution in [1.82, 2.24) is 9.80 Å². The van der Waals surface area contributed by atoms with Crippen LogP contribution in [0.2, 0.25) is 0 Å². The highest BCUT2D eigenvalue weighted by Gasteiger charge is 2.25. The number of hydrogen-bond donors (Lipinski definition) is 2. The molecule has 5 nitrogen and oxygen atoms in total. The van der Waals surface area contributed by atoms with Crippen molar-refractivity contribution in [1.29, 1.82) is 0 Å². The summed E-state index contributed by atoms with van der Waals surface area (Å²) >= 11 is 0. The zero-order chi connectivity index (χ0) is 13.8. The van der Waals surface area contributed by atoms with Gasteiger partial charge in [0.2, 0.25) is 0 Å². The van der Waals surface area contributed by atoms with E-state index in [1.807, 2.05) is 12.1 Å². The zero-order valence-electron chi connectivity index (χ0n) is 11.7. The summed E-state index contributed by atoms with van der Waals surface area (Å²) in [6.07, 6.45) is 0. The monoisotopic (exact) mass is 265 g/mol. The number of aromatic hydroxyl groups is 1. The van der Waals surface area contributed by atoms with Gasteiger partial charge in [-0.15, -0.1) is 0 Å². The average molecular weight is 265 g/mol. The topological polar surface area (TPSA) is 62.0 Å². The summed E-state index contributed by atoms with van der Waals surface area (Å²) in [5, 5.41) is 10.1. The second kappa shape index (κ2) is 6.23. The Morgan fingerprint density at radius 1 is 1.42 bits per heavy atom. The Morgan fingerprint density at radius 2 is 2.21 bits per heavy atom. The highest BCUT2D eigenvalue weighted by atomic mass is 16.5. The fourth-order valence-corrected chi connectivity index (χ4v) is 2.56. The van der Waals surface area contributed by atoms with Crippen LogP contribution in [0, 0.1) is 0 Å². The molecule has 3 N–H and O–H groups in total. The van der Waals surface area contributed by atoms with Crippen LogP contribution >= 0.6 is 0 Å². The highest BCUT2D eigenvalue weighted by molar-refractivity contribution is 5.45. The van der Waals surface area contributed by atoms with Crippen molar-refractivity contribution >= 4 is 0 Å². The van der Waals surface area contributed by atoms with Crippen molar-refractivity contribution < 1.29 is 9.84 Å². The van der Waals surface area contributed by atoms with Gasteiger partial charge in [0.15, 0.2) is 11.5 Å². The Balaban J connectivity index is 2.12. The van der Waals surface area contributed by atoms with Crippen LogP contribution in [0.15, 0.2) is 18.2 Å². The molecule has 1 fully saturated rings. The number of nitrogens with zero attached hydrogens (tertiary/aromatic N) is 2. The van der Waals surface area contributed by atoms with Gasteiger partial charge in [-0.05, 0) is 13.1 Å². The van der Waals surface area contributed by atoms with Gasteiger partial charge >= 0.3 is 0 Å². The number of benzene rings is 1. The smallest absolute Gasteiger partial charge is 0.162 e. The zero-order valence-corrected chi connectivity index (χ0v) is 11.7. The largest absolute Gasteiger partial charge is 0.504 e. The summed E-state index contributed by atoms with van der Waals surface area (Å²) in [6, 6.07) is 5.94. The lowest BCUT2D eigenvalue weighted by Gasteiger charge is -2.39. The number of hydrogen-bond acceptors (Lipinski definition) is 5. The predicted molar refractivity (Wildman–Crippen MR) is 75.4 cm³/mol. The molecular weight excluding hydrogens is 242 g/mol. The second-order valence-corrected chi connectivity index (χ2v) is 5.09. The van der Waals surface area contributed by atoms with Gasteiger partial charge in [-0.2, -0.15) is 0 Å². The van der Waals surface area contributed by atoms with E-state index in [0.29, 0.717) is 24.9 Å². The van der Waals surface area contributed by atoms with Crippen molar-refractivity contribution in [2.24, 2.45) is 5.73 Å². The maximum absolute atomic E-state index is 10.1. The molecule has 19 heavy (non-hydrogen) atoms. The minimum absolute atomic E-state index is 0.236. The SMILES string of the molecule is COc1cccc(CN2CCN(C)CC2CN)c1O. The molecule has 1 aliphatic rings. The van der Waals surface area contributed by atoms with Crippen LogP contribution in [-0.4, -0.2) is 61.3 Å². The lowest BCUT2D eigenvalue weighted by Crippen LogP contribution is -2.54. The van der Waals surface area contributed by atoms with Gasteiger partial charge in [-0.3, -0.25) is 4.90 Å². The van der Waals surface area contributed by atoms with Crippen LogP contribution in [0.3, 0.4) is 0 Å². The number of piperazine rings is 1. The molecule has 1 saturated heterocycles. The van der Waals surface area contributed by atoms with Crippen LogP contribution in [0.5, 0.6) is 11.5 Å². The number of phenolic OH excluding ortho intramolecular Hbond substituents is 1. The molecule has 1 heterocycles. The van der Waals surface area contributed by atoms with E-state index in [1.54, 1.807) is 13.2 Å². The molecule has 0 spiro atoms. The Kier molecular flexibility index (Phi) is 4.63. The molecule has 5 heteroatoms. The molecular formula is C14H23N3O2. The van der Waals surface area contributed by atoms with E-state index in [2.05, 4.69) is 16.8 Å². The third-order valence-electron chi connectivity index (χ3n) is 3.76. The number of phenols is 1. The number of likely N-dealkylation sites (N-methyl/N-ethyl adjacent to an activating group) is 1. The normalized spacial score (nSPS) is 21.5. The fourth-order valence-electron chi connectivity index (χ4n) is 2.56. The summed E-state index contributed by atoms with van der Waals surface area (Å²) in [6.45, 7) is 4.31. The van der Waals surface area contributed by atoms with Crippen molar-refractivity contribution in [3.05, 3.63) is 23.8 Å². The van der Waals surface area contributed by atoms with Crippen molar-refractivity contribution in [2.45, 2.75) is 12.6 Å². The summed E-state index contributed by atoms with van der Waals surface area (Å²) < 4.78 is 5.14.